The van der Waals surface area contributed by atoms with Crippen molar-refractivity contribution in [2.24, 2.45) is 0 Å². The number of rotatable bonds is 3. The molecule has 0 radical (unpaired) electrons. The minimum atomic E-state index is -3.00. The fourth-order valence-electron chi connectivity index (χ4n) is 0.990. The molecule has 0 bridgehead atoms. The lowest BCUT2D eigenvalue weighted by molar-refractivity contribution is 0.0675. The Labute approximate surface area is 93.4 Å². The van der Waals surface area contributed by atoms with E-state index in [2.05, 4.69) is 0 Å². The van der Waals surface area contributed by atoms with E-state index in [9.17, 15) is 13.6 Å². The van der Waals surface area contributed by atoms with Crippen molar-refractivity contribution in [3.05, 3.63) is 27.3 Å². The van der Waals surface area contributed by atoms with Crippen molar-refractivity contribution in [2.45, 2.75) is 6.43 Å². The highest BCUT2D eigenvalue weighted by atomic mass is 127. The van der Waals surface area contributed by atoms with Crippen molar-refractivity contribution in [3.8, 4) is 5.75 Å². The molecule has 1 rings (SSSR count). The molecule has 1 aromatic rings. The van der Waals surface area contributed by atoms with Gasteiger partial charge >= 0.3 is 6.43 Å². The monoisotopic (exact) mass is 312 g/mol. The summed E-state index contributed by atoms with van der Waals surface area (Å²) in [7, 11) is 1.34. The van der Waals surface area contributed by atoms with Gasteiger partial charge in [-0.15, -0.1) is 0 Å². The molecule has 0 spiro atoms. The maximum Gasteiger partial charge on any atom is 0.300 e. The number of benzene rings is 1. The van der Waals surface area contributed by atoms with Crippen LogP contribution in [0.5, 0.6) is 5.75 Å². The van der Waals surface area contributed by atoms with Crippen LogP contribution in [-0.4, -0.2) is 19.3 Å². The maximum atomic E-state index is 12.2. The number of methoxy groups -OCH3 is 1. The van der Waals surface area contributed by atoms with Gasteiger partial charge in [0.05, 0.1) is 12.7 Å². The highest BCUT2D eigenvalue weighted by molar-refractivity contribution is 14.1. The molecule has 1 aromatic carbocycles. The van der Waals surface area contributed by atoms with Gasteiger partial charge < -0.3 is 4.74 Å². The largest absolute Gasteiger partial charge is 0.496 e. The van der Waals surface area contributed by atoms with Crippen molar-refractivity contribution in [1.29, 1.82) is 0 Å². The molecule has 0 aliphatic rings. The third-order valence-electron chi connectivity index (χ3n) is 1.63. The van der Waals surface area contributed by atoms with Gasteiger partial charge in [-0.25, -0.2) is 8.78 Å². The molecule has 0 aliphatic carbocycles. The number of carbonyl (C=O) groups excluding carboxylic acids is 1. The van der Waals surface area contributed by atoms with Gasteiger partial charge in [-0.2, -0.15) is 0 Å². The van der Waals surface area contributed by atoms with E-state index >= 15 is 0 Å². The Morgan fingerprint density at radius 2 is 2.14 bits per heavy atom. The Morgan fingerprint density at radius 3 is 2.64 bits per heavy atom. The van der Waals surface area contributed by atoms with Gasteiger partial charge in [0, 0.05) is 3.57 Å². The topological polar surface area (TPSA) is 26.3 Å². The second-order valence-electron chi connectivity index (χ2n) is 2.51. The molecule has 0 saturated carbocycles. The number of hydrogen-bond acceptors (Lipinski definition) is 2. The lowest BCUT2D eigenvalue weighted by Crippen LogP contribution is -2.11. The summed E-state index contributed by atoms with van der Waals surface area (Å²) in [5, 5.41) is 0. The quantitative estimate of drug-likeness (QED) is 0.634. The van der Waals surface area contributed by atoms with E-state index in [-0.39, 0.29) is 11.3 Å². The van der Waals surface area contributed by atoms with Crippen molar-refractivity contribution in [1.82, 2.24) is 0 Å². The van der Waals surface area contributed by atoms with Crippen LogP contribution in [0.2, 0.25) is 0 Å². The van der Waals surface area contributed by atoms with E-state index in [1.54, 1.807) is 6.07 Å². The van der Waals surface area contributed by atoms with E-state index in [1.165, 1.54) is 19.2 Å². The number of Topliss-reactive ketones (excluding diaryl/α,β-unsaturated/α-hetero) is 1. The van der Waals surface area contributed by atoms with Crippen molar-refractivity contribution < 1.29 is 18.3 Å². The molecule has 0 fully saturated rings. The van der Waals surface area contributed by atoms with Crippen LogP contribution in [0.25, 0.3) is 0 Å². The fraction of sp³-hybridized carbons (Fsp3) is 0.222. The van der Waals surface area contributed by atoms with Crippen molar-refractivity contribution in [2.75, 3.05) is 7.11 Å². The second kappa shape index (κ2) is 4.68. The molecule has 0 aromatic heterocycles. The maximum absolute atomic E-state index is 12.2. The number of halogens is 3. The first-order valence-electron chi connectivity index (χ1n) is 3.72. The minimum absolute atomic E-state index is 0.0746. The van der Waals surface area contributed by atoms with Gasteiger partial charge in [-0.05, 0) is 40.8 Å². The number of hydrogen-bond donors (Lipinski definition) is 0. The van der Waals surface area contributed by atoms with Crippen LogP contribution in [0, 0.1) is 3.57 Å². The summed E-state index contributed by atoms with van der Waals surface area (Å²) >= 11 is 1.94. The molecule has 0 heterocycles. The van der Waals surface area contributed by atoms with E-state index in [1.807, 2.05) is 22.6 Å². The van der Waals surface area contributed by atoms with Crippen molar-refractivity contribution in [3.63, 3.8) is 0 Å². The van der Waals surface area contributed by atoms with Gasteiger partial charge in [-0.1, -0.05) is 0 Å². The number of ether oxygens (including phenoxy) is 1. The average molecular weight is 312 g/mol. The summed E-state index contributed by atoms with van der Waals surface area (Å²) in [5.41, 5.74) is -0.0746. The third kappa shape index (κ3) is 2.40. The molecule has 0 unspecified atom stereocenters. The lowest BCUT2D eigenvalue weighted by atomic mass is 10.1. The van der Waals surface area contributed by atoms with Crippen LogP contribution in [0.3, 0.4) is 0 Å². The summed E-state index contributed by atoms with van der Waals surface area (Å²) < 4.78 is 29.8. The van der Waals surface area contributed by atoms with Crippen LogP contribution in [0.15, 0.2) is 18.2 Å². The minimum Gasteiger partial charge on any atom is -0.496 e. The van der Waals surface area contributed by atoms with Crippen LogP contribution in [-0.2, 0) is 0 Å². The van der Waals surface area contributed by atoms with Gasteiger partial charge in [0.1, 0.15) is 5.75 Å². The summed E-state index contributed by atoms with van der Waals surface area (Å²) in [5.74, 6) is -1.03. The smallest absolute Gasteiger partial charge is 0.300 e. The zero-order valence-electron chi connectivity index (χ0n) is 7.26. The highest BCUT2D eigenvalue weighted by Gasteiger charge is 2.21. The van der Waals surface area contributed by atoms with Crippen molar-refractivity contribution >= 4 is 28.4 Å². The van der Waals surface area contributed by atoms with Gasteiger partial charge in [0.25, 0.3) is 0 Å². The normalized spacial score (nSPS) is 10.4. The zero-order valence-corrected chi connectivity index (χ0v) is 9.42. The fourth-order valence-corrected chi connectivity index (χ4v) is 1.48. The van der Waals surface area contributed by atoms with Crippen LogP contribution in [0.1, 0.15) is 10.4 Å². The molecule has 14 heavy (non-hydrogen) atoms. The zero-order chi connectivity index (χ0) is 10.7. The van der Waals surface area contributed by atoms with Crippen LogP contribution in [0.4, 0.5) is 8.78 Å². The second-order valence-corrected chi connectivity index (χ2v) is 3.76. The first-order valence-corrected chi connectivity index (χ1v) is 4.80. The summed E-state index contributed by atoms with van der Waals surface area (Å²) in [6, 6.07) is 4.56. The number of ketones is 1. The van der Waals surface area contributed by atoms with E-state index in [0.717, 1.165) is 0 Å². The SMILES string of the molecule is COc1ccc(I)cc1C(=O)C(F)F. The van der Waals surface area contributed by atoms with E-state index in [0.29, 0.717) is 3.57 Å². The highest BCUT2D eigenvalue weighted by Crippen LogP contribution is 2.23. The molecule has 0 atom stereocenters. The molecule has 0 amide bonds. The lowest BCUT2D eigenvalue weighted by Gasteiger charge is -2.07. The molecule has 0 N–H and O–H groups in total. The third-order valence-corrected chi connectivity index (χ3v) is 2.30. The molecular weight excluding hydrogens is 305 g/mol. The van der Waals surface area contributed by atoms with Gasteiger partial charge in [-0.3, -0.25) is 4.79 Å². The van der Waals surface area contributed by atoms with Gasteiger partial charge in [0.15, 0.2) is 0 Å². The number of carbonyl (C=O) groups is 1. The molecule has 0 saturated heterocycles. The molecule has 0 aliphatic heterocycles. The van der Waals surface area contributed by atoms with E-state index in [4.69, 9.17) is 4.74 Å². The summed E-state index contributed by atoms with van der Waals surface area (Å²) in [4.78, 5) is 11.0. The average Bonchev–Trinajstić information content (AvgIpc) is 2.16. The Hall–Kier alpha value is -0.720. The first-order chi connectivity index (χ1) is 6.56. The first kappa shape index (κ1) is 11.4. The standard InChI is InChI=1S/C9H7F2IO2/c1-14-7-3-2-5(12)4-6(7)8(13)9(10)11/h2-4,9H,1H3. The predicted octanol–water partition coefficient (Wildman–Crippen LogP) is 2.75. The molecule has 5 heteroatoms. The molecular formula is C9H7F2IO2. The Kier molecular flexibility index (Phi) is 3.79. The van der Waals surface area contributed by atoms with Crippen LogP contribution >= 0.6 is 22.6 Å². The van der Waals surface area contributed by atoms with Gasteiger partial charge in [0.2, 0.25) is 5.78 Å². The van der Waals surface area contributed by atoms with E-state index < -0.39 is 12.2 Å². The summed E-state index contributed by atoms with van der Waals surface area (Å²) in [6.07, 6.45) is -3.00. The van der Waals surface area contributed by atoms with Crippen LogP contribution < -0.4 is 4.74 Å². The number of alkyl halides is 2. The summed E-state index contributed by atoms with van der Waals surface area (Å²) in [6.45, 7) is 0. The Balaban J connectivity index is 3.17. The predicted molar refractivity (Wildman–Crippen MR) is 56.0 cm³/mol. The molecule has 76 valence electrons. The Bertz CT molecular complexity index is 353. The molecule has 2 nitrogen and oxygen atoms in total. The Morgan fingerprint density at radius 1 is 1.50 bits per heavy atom.